The van der Waals surface area contributed by atoms with Gasteiger partial charge in [0.15, 0.2) is 5.78 Å². The lowest BCUT2D eigenvalue weighted by molar-refractivity contribution is -0.112. The molecule has 0 fully saturated rings. The van der Waals surface area contributed by atoms with Gasteiger partial charge in [-0.1, -0.05) is 37.3 Å². The maximum Gasteiger partial charge on any atom is 0.153 e. The van der Waals surface area contributed by atoms with Gasteiger partial charge in [0, 0.05) is 4.91 Å². The average molecular weight is 206 g/mol. The van der Waals surface area contributed by atoms with Crippen molar-refractivity contribution in [3.05, 3.63) is 42.0 Å². The Balaban J connectivity index is 2.94. The molecule has 0 N–H and O–H groups in total. The maximum absolute atomic E-state index is 11.0. The summed E-state index contributed by atoms with van der Waals surface area (Å²) in [5.41, 5.74) is 1.12. The fourth-order valence-corrected chi connectivity index (χ4v) is 2.01. The fourth-order valence-electron chi connectivity index (χ4n) is 1.15. The van der Waals surface area contributed by atoms with Gasteiger partial charge in [-0.15, -0.1) is 11.8 Å². The van der Waals surface area contributed by atoms with Crippen LogP contribution in [0, 0.1) is 0 Å². The zero-order valence-electron chi connectivity index (χ0n) is 8.49. The summed E-state index contributed by atoms with van der Waals surface area (Å²) in [6, 6.07) is 10.00. The molecule has 2 heteroatoms. The van der Waals surface area contributed by atoms with E-state index in [1.165, 1.54) is 0 Å². The summed E-state index contributed by atoms with van der Waals surface area (Å²) in [5, 5.41) is 0. The first-order valence-electron chi connectivity index (χ1n) is 4.64. The van der Waals surface area contributed by atoms with Crippen molar-refractivity contribution in [1.82, 2.24) is 0 Å². The van der Waals surface area contributed by atoms with Gasteiger partial charge in [0.2, 0.25) is 0 Å². The van der Waals surface area contributed by atoms with E-state index in [2.05, 4.69) is 6.92 Å². The second-order valence-corrected chi connectivity index (χ2v) is 4.22. The molecule has 0 aliphatic heterocycles. The normalized spacial score (nSPS) is 11.4. The molecule has 0 unspecified atom stereocenters. The topological polar surface area (TPSA) is 17.1 Å². The SMILES string of the molecule is CCS/C(=C/C(C)=O)c1ccccc1. The molecule has 0 saturated heterocycles. The monoisotopic (exact) mass is 206 g/mol. The van der Waals surface area contributed by atoms with E-state index in [9.17, 15) is 4.79 Å². The highest BCUT2D eigenvalue weighted by Crippen LogP contribution is 2.26. The van der Waals surface area contributed by atoms with Crippen molar-refractivity contribution in [2.45, 2.75) is 13.8 Å². The van der Waals surface area contributed by atoms with Crippen molar-refractivity contribution in [3.63, 3.8) is 0 Å². The van der Waals surface area contributed by atoms with Gasteiger partial charge in [-0.3, -0.25) is 4.79 Å². The van der Waals surface area contributed by atoms with E-state index in [0.717, 1.165) is 16.2 Å². The Kier molecular flexibility index (Phi) is 4.47. The molecule has 0 atom stereocenters. The van der Waals surface area contributed by atoms with Crippen molar-refractivity contribution in [2.75, 3.05) is 5.75 Å². The van der Waals surface area contributed by atoms with Crippen molar-refractivity contribution >= 4 is 22.5 Å². The van der Waals surface area contributed by atoms with Crippen LogP contribution in [-0.2, 0) is 4.79 Å². The summed E-state index contributed by atoms with van der Waals surface area (Å²) >= 11 is 1.70. The first kappa shape index (κ1) is 11.1. The molecule has 74 valence electrons. The summed E-state index contributed by atoms with van der Waals surface area (Å²) in [6.07, 6.45) is 1.70. The van der Waals surface area contributed by atoms with Crippen LogP contribution in [-0.4, -0.2) is 11.5 Å². The lowest BCUT2D eigenvalue weighted by Crippen LogP contribution is -1.87. The third-order valence-electron chi connectivity index (χ3n) is 1.69. The lowest BCUT2D eigenvalue weighted by atomic mass is 10.2. The minimum atomic E-state index is 0.102. The first-order chi connectivity index (χ1) is 6.74. The molecule has 0 aliphatic rings. The van der Waals surface area contributed by atoms with Gasteiger partial charge >= 0.3 is 0 Å². The van der Waals surface area contributed by atoms with Gasteiger partial charge in [-0.25, -0.2) is 0 Å². The molecule has 0 aromatic heterocycles. The molecular weight excluding hydrogens is 192 g/mol. The van der Waals surface area contributed by atoms with Crippen LogP contribution in [0.2, 0.25) is 0 Å². The van der Waals surface area contributed by atoms with E-state index in [0.29, 0.717) is 0 Å². The molecule has 0 bridgehead atoms. The largest absolute Gasteiger partial charge is 0.295 e. The van der Waals surface area contributed by atoms with Crippen LogP contribution < -0.4 is 0 Å². The van der Waals surface area contributed by atoms with Gasteiger partial charge in [0.25, 0.3) is 0 Å². The lowest BCUT2D eigenvalue weighted by Gasteiger charge is -2.04. The molecule has 0 radical (unpaired) electrons. The highest BCUT2D eigenvalue weighted by molar-refractivity contribution is 8.08. The van der Waals surface area contributed by atoms with E-state index < -0.39 is 0 Å². The van der Waals surface area contributed by atoms with Crippen LogP contribution in [0.15, 0.2) is 36.4 Å². The number of benzene rings is 1. The molecular formula is C12H14OS. The Morgan fingerprint density at radius 2 is 2.00 bits per heavy atom. The van der Waals surface area contributed by atoms with Crippen LogP contribution in [0.3, 0.4) is 0 Å². The van der Waals surface area contributed by atoms with Gasteiger partial charge in [-0.05, 0) is 24.3 Å². The number of ketones is 1. The number of hydrogen-bond acceptors (Lipinski definition) is 2. The third-order valence-corrected chi connectivity index (χ3v) is 2.65. The van der Waals surface area contributed by atoms with Crippen molar-refractivity contribution in [3.8, 4) is 0 Å². The van der Waals surface area contributed by atoms with Crippen molar-refractivity contribution in [2.24, 2.45) is 0 Å². The van der Waals surface area contributed by atoms with Crippen molar-refractivity contribution in [1.29, 1.82) is 0 Å². The van der Waals surface area contributed by atoms with Crippen molar-refractivity contribution < 1.29 is 4.79 Å². The van der Waals surface area contributed by atoms with Crippen LogP contribution in [0.25, 0.3) is 4.91 Å². The highest BCUT2D eigenvalue weighted by Gasteiger charge is 2.01. The molecule has 14 heavy (non-hydrogen) atoms. The first-order valence-corrected chi connectivity index (χ1v) is 5.63. The fraction of sp³-hybridized carbons (Fsp3) is 0.250. The van der Waals surface area contributed by atoms with Gasteiger partial charge in [-0.2, -0.15) is 0 Å². The number of carbonyl (C=O) groups is 1. The van der Waals surface area contributed by atoms with Gasteiger partial charge in [0.1, 0.15) is 0 Å². The molecule has 1 rings (SSSR count). The number of hydrogen-bond donors (Lipinski definition) is 0. The smallest absolute Gasteiger partial charge is 0.153 e. The molecule has 0 heterocycles. The zero-order chi connectivity index (χ0) is 10.4. The van der Waals surface area contributed by atoms with Crippen LogP contribution >= 0.6 is 11.8 Å². The van der Waals surface area contributed by atoms with Crippen LogP contribution in [0.4, 0.5) is 0 Å². The van der Waals surface area contributed by atoms with Crippen LogP contribution in [0.5, 0.6) is 0 Å². The van der Waals surface area contributed by atoms with Gasteiger partial charge in [0.05, 0.1) is 0 Å². The Bertz CT molecular complexity index is 327. The standard InChI is InChI=1S/C12H14OS/c1-3-14-12(9-10(2)13)11-7-5-4-6-8-11/h4-9H,3H2,1-2H3/b12-9+. The highest BCUT2D eigenvalue weighted by atomic mass is 32.2. The molecule has 1 nitrogen and oxygen atoms in total. The van der Waals surface area contributed by atoms with E-state index in [1.807, 2.05) is 30.3 Å². The van der Waals surface area contributed by atoms with E-state index in [1.54, 1.807) is 24.8 Å². The minimum absolute atomic E-state index is 0.102. The molecule has 1 aromatic rings. The second-order valence-electron chi connectivity index (χ2n) is 2.92. The van der Waals surface area contributed by atoms with E-state index in [4.69, 9.17) is 0 Å². The average Bonchev–Trinajstić information content (AvgIpc) is 2.18. The summed E-state index contributed by atoms with van der Waals surface area (Å²) in [7, 11) is 0. The molecule has 0 amide bonds. The predicted octanol–water partition coefficient (Wildman–Crippen LogP) is 3.37. The number of carbonyl (C=O) groups excluding carboxylic acids is 1. The molecule has 0 aliphatic carbocycles. The molecule has 0 spiro atoms. The minimum Gasteiger partial charge on any atom is -0.295 e. The molecule has 1 aromatic carbocycles. The Morgan fingerprint density at radius 1 is 1.36 bits per heavy atom. The Hall–Kier alpha value is -1.02. The summed E-state index contributed by atoms with van der Waals surface area (Å²) in [5.74, 6) is 1.08. The zero-order valence-corrected chi connectivity index (χ0v) is 9.30. The van der Waals surface area contributed by atoms with E-state index in [-0.39, 0.29) is 5.78 Å². The van der Waals surface area contributed by atoms with Gasteiger partial charge < -0.3 is 0 Å². The van der Waals surface area contributed by atoms with E-state index >= 15 is 0 Å². The third kappa shape index (κ3) is 3.38. The predicted molar refractivity (Wildman–Crippen MR) is 63.2 cm³/mol. The number of thioether (sulfide) groups is 1. The summed E-state index contributed by atoms with van der Waals surface area (Å²) in [4.78, 5) is 12.1. The quantitative estimate of drug-likeness (QED) is 0.703. The number of allylic oxidation sites excluding steroid dienone is 1. The number of rotatable bonds is 4. The summed E-state index contributed by atoms with van der Waals surface area (Å²) in [6.45, 7) is 3.67. The Morgan fingerprint density at radius 3 is 2.50 bits per heavy atom. The molecule has 0 saturated carbocycles. The van der Waals surface area contributed by atoms with Crippen LogP contribution in [0.1, 0.15) is 19.4 Å². The second kappa shape index (κ2) is 5.66. The maximum atomic E-state index is 11.0. The Labute approximate surface area is 89.2 Å². The summed E-state index contributed by atoms with van der Waals surface area (Å²) < 4.78 is 0.